The summed E-state index contributed by atoms with van der Waals surface area (Å²) in [6.45, 7) is 0. The molecule has 0 saturated heterocycles. The third-order valence-electron chi connectivity index (χ3n) is 2.81. The van der Waals surface area contributed by atoms with Crippen LogP contribution in [0.5, 0.6) is 0 Å². The number of rotatable bonds is 3. The summed E-state index contributed by atoms with van der Waals surface area (Å²) in [5, 5.41) is 0.673. The molecule has 0 unspecified atom stereocenters. The molecule has 20 heavy (non-hydrogen) atoms. The van der Waals surface area contributed by atoms with Gasteiger partial charge in [0.15, 0.2) is 0 Å². The first-order valence-corrected chi connectivity index (χ1v) is 6.55. The van der Waals surface area contributed by atoms with Crippen LogP contribution in [0.4, 0.5) is 0 Å². The van der Waals surface area contributed by atoms with Gasteiger partial charge in [0.25, 0.3) is 5.91 Å². The van der Waals surface area contributed by atoms with Gasteiger partial charge in [0.2, 0.25) is 0 Å². The molecule has 1 heterocycles. The van der Waals surface area contributed by atoms with Gasteiger partial charge in [-0.3, -0.25) is 9.78 Å². The van der Waals surface area contributed by atoms with Gasteiger partial charge in [-0.1, -0.05) is 23.7 Å². The molecule has 0 bridgehead atoms. The minimum absolute atomic E-state index is 0.0499. The molecular formula is C16H15ClN2O. The van der Waals surface area contributed by atoms with Gasteiger partial charge in [0.1, 0.15) is 0 Å². The highest BCUT2D eigenvalue weighted by atomic mass is 35.5. The molecule has 4 heteroatoms. The molecule has 0 spiro atoms. The normalized spacial score (nSPS) is 11.2. The quantitative estimate of drug-likeness (QED) is 0.811. The van der Waals surface area contributed by atoms with Crippen molar-refractivity contribution >= 4 is 29.2 Å². The Labute approximate surface area is 123 Å². The van der Waals surface area contributed by atoms with Crippen molar-refractivity contribution in [2.75, 3.05) is 14.1 Å². The molecule has 102 valence electrons. The zero-order valence-corrected chi connectivity index (χ0v) is 12.1. The molecule has 0 aliphatic heterocycles. The van der Waals surface area contributed by atoms with Crippen LogP contribution in [0.15, 0.2) is 48.8 Å². The van der Waals surface area contributed by atoms with Gasteiger partial charge in [-0.2, -0.15) is 0 Å². The predicted octanol–water partition coefficient (Wildman–Crippen LogP) is 3.36. The summed E-state index contributed by atoms with van der Waals surface area (Å²) >= 11 is 5.87. The molecule has 3 nitrogen and oxygen atoms in total. The minimum Gasteiger partial charge on any atom is -0.345 e. The van der Waals surface area contributed by atoms with Crippen LogP contribution < -0.4 is 0 Å². The number of nitrogens with zero attached hydrogens (tertiary/aromatic N) is 2. The van der Waals surface area contributed by atoms with E-state index in [0.29, 0.717) is 10.6 Å². The molecule has 1 amide bonds. The van der Waals surface area contributed by atoms with E-state index in [-0.39, 0.29) is 5.91 Å². The second-order valence-corrected chi connectivity index (χ2v) is 4.98. The van der Waals surface area contributed by atoms with E-state index in [2.05, 4.69) is 4.98 Å². The Morgan fingerprint density at radius 3 is 2.25 bits per heavy atom. The van der Waals surface area contributed by atoms with E-state index in [1.54, 1.807) is 43.5 Å². The smallest absolute Gasteiger partial charge is 0.253 e. The van der Waals surface area contributed by atoms with Gasteiger partial charge < -0.3 is 4.90 Å². The monoisotopic (exact) mass is 286 g/mol. The number of carbonyl (C=O) groups excluding carboxylic acids is 1. The summed E-state index contributed by atoms with van der Waals surface area (Å²) in [7, 11) is 3.47. The lowest BCUT2D eigenvalue weighted by Crippen LogP contribution is -2.22. The van der Waals surface area contributed by atoms with Gasteiger partial charge in [-0.15, -0.1) is 0 Å². The fourth-order valence-corrected chi connectivity index (χ4v) is 1.89. The Bertz CT molecular complexity index is 619. The van der Waals surface area contributed by atoms with E-state index in [1.165, 1.54) is 0 Å². The summed E-state index contributed by atoms with van der Waals surface area (Å²) in [6.07, 6.45) is 5.20. The topological polar surface area (TPSA) is 33.2 Å². The molecule has 2 aromatic rings. The van der Waals surface area contributed by atoms with E-state index >= 15 is 0 Å². The fourth-order valence-electron chi connectivity index (χ4n) is 1.77. The number of hydrogen-bond donors (Lipinski definition) is 0. The van der Waals surface area contributed by atoms with Crippen molar-refractivity contribution in [3.05, 3.63) is 64.9 Å². The number of likely N-dealkylation sites (N-methyl/N-ethyl adjacent to an activating group) is 1. The van der Waals surface area contributed by atoms with Crippen molar-refractivity contribution in [3.8, 4) is 0 Å². The maximum atomic E-state index is 12.3. The van der Waals surface area contributed by atoms with Gasteiger partial charge in [0, 0.05) is 37.1 Å². The lowest BCUT2D eigenvalue weighted by atomic mass is 10.0. The Kier molecular flexibility index (Phi) is 4.53. The van der Waals surface area contributed by atoms with Crippen LogP contribution >= 0.6 is 11.6 Å². The van der Waals surface area contributed by atoms with E-state index in [0.717, 1.165) is 11.1 Å². The van der Waals surface area contributed by atoms with Crippen LogP contribution in [-0.4, -0.2) is 29.9 Å². The largest absolute Gasteiger partial charge is 0.345 e. The highest BCUT2D eigenvalue weighted by molar-refractivity contribution is 6.30. The third kappa shape index (κ3) is 3.45. The van der Waals surface area contributed by atoms with E-state index in [4.69, 9.17) is 11.6 Å². The maximum absolute atomic E-state index is 12.3. The highest BCUT2D eigenvalue weighted by Gasteiger charge is 2.13. The number of halogens is 1. The van der Waals surface area contributed by atoms with Crippen LogP contribution in [0.1, 0.15) is 11.1 Å². The fraction of sp³-hybridized carbons (Fsp3) is 0.125. The summed E-state index contributed by atoms with van der Waals surface area (Å²) < 4.78 is 0. The first kappa shape index (κ1) is 14.3. The van der Waals surface area contributed by atoms with Crippen molar-refractivity contribution in [1.82, 2.24) is 9.88 Å². The van der Waals surface area contributed by atoms with Crippen molar-refractivity contribution < 1.29 is 4.79 Å². The van der Waals surface area contributed by atoms with E-state index in [9.17, 15) is 4.79 Å². The Morgan fingerprint density at radius 1 is 1.10 bits per heavy atom. The lowest BCUT2D eigenvalue weighted by Gasteiger charge is -2.14. The summed E-state index contributed by atoms with van der Waals surface area (Å²) in [5.74, 6) is -0.0499. The van der Waals surface area contributed by atoms with Crippen LogP contribution in [0.3, 0.4) is 0 Å². The predicted molar refractivity (Wildman–Crippen MR) is 82.3 cm³/mol. The van der Waals surface area contributed by atoms with Crippen molar-refractivity contribution in [2.45, 2.75) is 0 Å². The Balaban J connectivity index is 2.46. The first-order valence-electron chi connectivity index (χ1n) is 6.17. The molecule has 0 aliphatic carbocycles. The highest BCUT2D eigenvalue weighted by Crippen LogP contribution is 2.20. The Hall–Kier alpha value is -2.13. The molecular weight excluding hydrogens is 272 g/mol. The van der Waals surface area contributed by atoms with Crippen molar-refractivity contribution in [3.63, 3.8) is 0 Å². The summed E-state index contributed by atoms with van der Waals surface area (Å²) in [4.78, 5) is 17.9. The molecule has 0 saturated carbocycles. The number of benzene rings is 1. The standard InChI is InChI=1S/C16H15ClN2O/c1-19(2)16(20)15(13-7-9-18-10-8-13)11-12-3-5-14(17)6-4-12/h3-11H,1-2H3. The molecule has 1 aromatic heterocycles. The average Bonchev–Trinajstić information content (AvgIpc) is 2.47. The summed E-state index contributed by atoms with van der Waals surface area (Å²) in [6, 6.07) is 11.0. The molecule has 0 radical (unpaired) electrons. The molecule has 1 aromatic carbocycles. The van der Waals surface area contributed by atoms with Gasteiger partial charge >= 0.3 is 0 Å². The van der Waals surface area contributed by atoms with Crippen LogP contribution in [0.25, 0.3) is 11.6 Å². The zero-order valence-electron chi connectivity index (χ0n) is 11.4. The van der Waals surface area contributed by atoms with Crippen molar-refractivity contribution in [2.24, 2.45) is 0 Å². The van der Waals surface area contributed by atoms with Crippen LogP contribution in [0.2, 0.25) is 5.02 Å². The van der Waals surface area contributed by atoms with Crippen LogP contribution in [0, 0.1) is 0 Å². The van der Waals surface area contributed by atoms with Crippen LogP contribution in [-0.2, 0) is 4.79 Å². The van der Waals surface area contributed by atoms with E-state index in [1.807, 2.05) is 30.3 Å². The van der Waals surface area contributed by atoms with Gasteiger partial charge in [0.05, 0.1) is 0 Å². The zero-order chi connectivity index (χ0) is 14.5. The third-order valence-corrected chi connectivity index (χ3v) is 3.06. The summed E-state index contributed by atoms with van der Waals surface area (Å²) in [5.41, 5.74) is 2.39. The second-order valence-electron chi connectivity index (χ2n) is 4.55. The van der Waals surface area contributed by atoms with E-state index < -0.39 is 0 Å². The number of amides is 1. The first-order chi connectivity index (χ1) is 9.58. The average molecular weight is 287 g/mol. The number of aromatic nitrogens is 1. The van der Waals surface area contributed by atoms with Gasteiger partial charge in [-0.25, -0.2) is 0 Å². The molecule has 0 fully saturated rings. The molecule has 2 rings (SSSR count). The molecule has 0 atom stereocenters. The molecule has 0 N–H and O–H groups in total. The SMILES string of the molecule is CN(C)C(=O)C(=Cc1ccc(Cl)cc1)c1ccncc1. The maximum Gasteiger partial charge on any atom is 0.253 e. The lowest BCUT2D eigenvalue weighted by molar-refractivity contribution is -0.122. The number of pyridine rings is 1. The Morgan fingerprint density at radius 2 is 1.70 bits per heavy atom. The van der Waals surface area contributed by atoms with Gasteiger partial charge in [-0.05, 0) is 41.5 Å². The van der Waals surface area contributed by atoms with Crippen molar-refractivity contribution in [1.29, 1.82) is 0 Å². The minimum atomic E-state index is -0.0499. The number of carbonyl (C=O) groups is 1. The molecule has 0 aliphatic rings. The second kappa shape index (κ2) is 6.35. The number of hydrogen-bond acceptors (Lipinski definition) is 2.